The average molecular weight is 244 g/mol. The smallest absolute Gasteiger partial charge is 0.172 e. The molecule has 18 heavy (non-hydrogen) atoms. The first-order valence-electron chi connectivity index (χ1n) is 6.34. The van der Waals surface area contributed by atoms with Crippen LogP contribution in [-0.4, -0.2) is 12.9 Å². The Morgan fingerprint density at radius 3 is 2.28 bits per heavy atom. The van der Waals surface area contributed by atoms with Crippen molar-refractivity contribution in [3.63, 3.8) is 0 Å². The molecule has 2 heteroatoms. The summed E-state index contributed by atoms with van der Waals surface area (Å²) in [5, 5.41) is 0. The standard InChI is InChI=1S/C16H20O2/c1-11-9-10-16(3,12(11)2)15(17)13-5-7-14(18-4)8-6-13/h5-8H,9-10H2,1-4H3. The topological polar surface area (TPSA) is 26.3 Å². The molecule has 0 saturated heterocycles. The third-order valence-corrected chi connectivity index (χ3v) is 4.32. The molecule has 1 unspecified atom stereocenters. The highest BCUT2D eigenvalue weighted by Crippen LogP contribution is 2.44. The number of allylic oxidation sites excluding steroid dienone is 2. The maximum atomic E-state index is 12.6. The van der Waals surface area contributed by atoms with Crippen molar-refractivity contribution in [2.24, 2.45) is 5.41 Å². The summed E-state index contributed by atoms with van der Waals surface area (Å²) in [5.74, 6) is 1.01. The van der Waals surface area contributed by atoms with Gasteiger partial charge in [0.2, 0.25) is 0 Å². The molecule has 0 bridgehead atoms. The van der Waals surface area contributed by atoms with Crippen molar-refractivity contribution in [2.75, 3.05) is 7.11 Å². The van der Waals surface area contributed by atoms with Gasteiger partial charge in [-0.2, -0.15) is 0 Å². The van der Waals surface area contributed by atoms with E-state index in [4.69, 9.17) is 4.74 Å². The molecular formula is C16H20O2. The van der Waals surface area contributed by atoms with Crippen LogP contribution in [0.1, 0.15) is 44.0 Å². The largest absolute Gasteiger partial charge is 0.497 e. The first-order chi connectivity index (χ1) is 8.49. The van der Waals surface area contributed by atoms with E-state index in [0.717, 1.165) is 24.2 Å². The zero-order valence-electron chi connectivity index (χ0n) is 11.5. The van der Waals surface area contributed by atoms with Crippen LogP contribution in [0, 0.1) is 5.41 Å². The van der Waals surface area contributed by atoms with Crippen molar-refractivity contribution in [1.29, 1.82) is 0 Å². The minimum Gasteiger partial charge on any atom is -0.497 e. The highest BCUT2D eigenvalue weighted by atomic mass is 16.5. The van der Waals surface area contributed by atoms with Gasteiger partial charge in [-0.05, 0) is 57.9 Å². The molecule has 0 radical (unpaired) electrons. The Morgan fingerprint density at radius 2 is 1.83 bits per heavy atom. The summed E-state index contributed by atoms with van der Waals surface area (Å²) in [6.07, 6.45) is 1.96. The van der Waals surface area contributed by atoms with Gasteiger partial charge in [0.1, 0.15) is 5.75 Å². The van der Waals surface area contributed by atoms with Gasteiger partial charge in [0.05, 0.1) is 12.5 Å². The van der Waals surface area contributed by atoms with Crippen LogP contribution < -0.4 is 4.74 Å². The number of hydrogen-bond donors (Lipinski definition) is 0. The Hall–Kier alpha value is -1.57. The molecule has 0 spiro atoms. The van der Waals surface area contributed by atoms with Gasteiger partial charge in [0, 0.05) is 5.56 Å². The molecule has 96 valence electrons. The van der Waals surface area contributed by atoms with E-state index in [0.29, 0.717) is 0 Å². The molecule has 1 aromatic carbocycles. The summed E-state index contributed by atoms with van der Waals surface area (Å²) in [5.41, 5.74) is 3.05. The number of carbonyl (C=O) groups is 1. The van der Waals surface area contributed by atoms with Crippen molar-refractivity contribution >= 4 is 5.78 Å². The van der Waals surface area contributed by atoms with E-state index in [1.807, 2.05) is 24.3 Å². The fourth-order valence-electron chi connectivity index (χ4n) is 2.63. The minimum absolute atomic E-state index is 0.222. The lowest BCUT2D eigenvalue weighted by Gasteiger charge is -2.24. The minimum atomic E-state index is -0.321. The Bertz CT molecular complexity index is 496. The van der Waals surface area contributed by atoms with Crippen molar-refractivity contribution in [2.45, 2.75) is 33.6 Å². The summed E-state index contributed by atoms with van der Waals surface area (Å²) >= 11 is 0. The predicted octanol–water partition coefficient (Wildman–Crippen LogP) is 4.01. The normalized spacial score (nSPS) is 23.3. The first kappa shape index (κ1) is 12.9. The second kappa shape index (κ2) is 4.60. The summed E-state index contributed by atoms with van der Waals surface area (Å²) in [6, 6.07) is 7.40. The van der Waals surface area contributed by atoms with E-state index in [-0.39, 0.29) is 11.2 Å². The fourth-order valence-corrected chi connectivity index (χ4v) is 2.63. The van der Waals surface area contributed by atoms with Crippen LogP contribution >= 0.6 is 0 Å². The van der Waals surface area contributed by atoms with Gasteiger partial charge in [-0.3, -0.25) is 4.79 Å². The number of hydrogen-bond acceptors (Lipinski definition) is 2. The molecule has 0 saturated carbocycles. The van der Waals surface area contributed by atoms with Crippen LogP contribution in [0.5, 0.6) is 5.75 Å². The first-order valence-corrected chi connectivity index (χ1v) is 6.34. The second-order valence-corrected chi connectivity index (χ2v) is 5.30. The van der Waals surface area contributed by atoms with E-state index >= 15 is 0 Å². The lowest BCUT2D eigenvalue weighted by molar-refractivity contribution is 0.0858. The van der Waals surface area contributed by atoms with Gasteiger partial charge < -0.3 is 4.74 Å². The molecule has 0 aliphatic heterocycles. The summed E-state index contributed by atoms with van der Waals surface area (Å²) in [7, 11) is 1.63. The van der Waals surface area contributed by atoms with Crippen LogP contribution in [0.25, 0.3) is 0 Å². The maximum absolute atomic E-state index is 12.6. The van der Waals surface area contributed by atoms with Crippen LogP contribution in [0.3, 0.4) is 0 Å². The summed E-state index contributed by atoms with van der Waals surface area (Å²) < 4.78 is 5.12. The van der Waals surface area contributed by atoms with E-state index in [1.165, 1.54) is 11.1 Å². The molecule has 1 aliphatic carbocycles. The van der Waals surface area contributed by atoms with E-state index < -0.39 is 0 Å². The van der Waals surface area contributed by atoms with Crippen LogP contribution in [0.2, 0.25) is 0 Å². The second-order valence-electron chi connectivity index (χ2n) is 5.30. The Morgan fingerprint density at radius 1 is 1.22 bits per heavy atom. The van der Waals surface area contributed by atoms with Crippen LogP contribution in [0.15, 0.2) is 35.4 Å². The number of methoxy groups -OCH3 is 1. The van der Waals surface area contributed by atoms with E-state index in [9.17, 15) is 4.79 Å². The van der Waals surface area contributed by atoms with Crippen LogP contribution in [0.4, 0.5) is 0 Å². The average Bonchev–Trinajstić information content (AvgIpc) is 2.67. The molecule has 2 nitrogen and oxygen atoms in total. The number of carbonyl (C=O) groups excluding carboxylic acids is 1. The molecule has 0 aromatic heterocycles. The number of ketones is 1. The van der Waals surface area contributed by atoms with Gasteiger partial charge in [0.25, 0.3) is 0 Å². The molecule has 0 amide bonds. The van der Waals surface area contributed by atoms with Crippen molar-refractivity contribution in [1.82, 2.24) is 0 Å². The highest BCUT2D eigenvalue weighted by Gasteiger charge is 2.39. The SMILES string of the molecule is COc1ccc(C(=O)C2(C)CCC(C)=C2C)cc1. The number of Topliss-reactive ketones (excluding diaryl/α,β-unsaturated/α-hetero) is 1. The van der Waals surface area contributed by atoms with Crippen molar-refractivity contribution in [3.8, 4) is 5.75 Å². The zero-order chi connectivity index (χ0) is 13.3. The molecule has 0 fully saturated rings. The van der Waals surface area contributed by atoms with E-state index in [1.54, 1.807) is 7.11 Å². The lowest BCUT2D eigenvalue weighted by Crippen LogP contribution is -2.26. The van der Waals surface area contributed by atoms with Gasteiger partial charge >= 0.3 is 0 Å². The number of benzene rings is 1. The molecular weight excluding hydrogens is 224 g/mol. The Labute approximate surface area is 109 Å². The highest BCUT2D eigenvalue weighted by molar-refractivity contribution is 6.02. The molecule has 1 aromatic rings. The maximum Gasteiger partial charge on any atom is 0.172 e. The van der Waals surface area contributed by atoms with Crippen LogP contribution in [-0.2, 0) is 0 Å². The quantitative estimate of drug-likeness (QED) is 0.593. The third kappa shape index (κ3) is 1.96. The Kier molecular flexibility index (Phi) is 3.29. The number of rotatable bonds is 3. The van der Waals surface area contributed by atoms with E-state index in [2.05, 4.69) is 20.8 Å². The lowest BCUT2D eigenvalue weighted by atomic mass is 9.77. The third-order valence-electron chi connectivity index (χ3n) is 4.32. The zero-order valence-corrected chi connectivity index (χ0v) is 11.5. The van der Waals surface area contributed by atoms with Gasteiger partial charge in [-0.15, -0.1) is 0 Å². The molecule has 0 N–H and O–H groups in total. The molecule has 0 heterocycles. The molecule has 1 aliphatic rings. The van der Waals surface area contributed by atoms with Gasteiger partial charge in [-0.1, -0.05) is 11.1 Å². The van der Waals surface area contributed by atoms with Gasteiger partial charge in [-0.25, -0.2) is 0 Å². The Balaban J connectivity index is 2.31. The summed E-state index contributed by atoms with van der Waals surface area (Å²) in [6.45, 7) is 6.27. The molecule has 2 rings (SSSR count). The van der Waals surface area contributed by atoms with Crippen molar-refractivity contribution in [3.05, 3.63) is 41.0 Å². The fraction of sp³-hybridized carbons (Fsp3) is 0.438. The predicted molar refractivity (Wildman–Crippen MR) is 73.0 cm³/mol. The van der Waals surface area contributed by atoms with Gasteiger partial charge in [0.15, 0.2) is 5.78 Å². The monoisotopic (exact) mass is 244 g/mol. The number of ether oxygens (including phenoxy) is 1. The molecule has 1 atom stereocenters. The van der Waals surface area contributed by atoms with Crippen molar-refractivity contribution < 1.29 is 9.53 Å². The summed E-state index contributed by atoms with van der Waals surface area (Å²) in [4.78, 5) is 12.6.